The van der Waals surface area contributed by atoms with Gasteiger partial charge in [0.1, 0.15) is 5.82 Å². The second-order valence-electron chi connectivity index (χ2n) is 4.23. The maximum absolute atomic E-state index is 13.6. The van der Waals surface area contributed by atoms with Gasteiger partial charge in [0.2, 0.25) is 0 Å². The highest BCUT2D eigenvalue weighted by molar-refractivity contribution is 7.99. The summed E-state index contributed by atoms with van der Waals surface area (Å²) in [6.45, 7) is 4.35. The minimum Gasteiger partial charge on any atom is -0.347 e. The van der Waals surface area contributed by atoms with E-state index in [-0.39, 0.29) is 5.82 Å². The Labute approximate surface area is 99.6 Å². The molecule has 0 radical (unpaired) electrons. The van der Waals surface area contributed by atoms with Gasteiger partial charge >= 0.3 is 0 Å². The molecule has 16 heavy (non-hydrogen) atoms. The van der Waals surface area contributed by atoms with E-state index in [4.69, 9.17) is 0 Å². The Morgan fingerprint density at radius 1 is 1.38 bits per heavy atom. The van der Waals surface area contributed by atoms with Gasteiger partial charge in [-0.05, 0) is 23.4 Å². The van der Waals surface area contributed by atoms with Crippen LogP contribution in [0.25, 0.3) is 10.9 Å². The molecule has 1 heterocycles. The summed E-state index contributed by atoms with van der Waals surface area (Å²) in [4.78, 5) is 0. The van der Waals surface area contributed by atoms with Crippen LogP contribution in [0, 0.1) is 5.82 Å². The fraction of sp³-hybridized carbons (Fsp3) is 0.385. The molecule has 0 aliphatic carbocycles. The number of thioether (sulfide) groups is 1. The van der Waals surface area contributed by atoms with Gasteiger partial charge in [-0.3, -0.25) is 0 Å². The van der Waals surface area contributed by atoms with Gasteiger partial charge < -0.3 is 4.57 Å². The first-order valence-electron chi connectivity index (χ1n) is 5.44. The van der Waals surface area contributed by atoms with Crippen LogP contribution in [-0.2, 0) is 12.8 Å². The lowest BCUT2D eigenvalue weighted by molar-refractivity contribution is 0.640. The van der Waals surface area contributed by atoms with Crippen molar-refractivity contribution < 1.29 is 4.39 Å². The number of hydrogen-bond donors (Lipinski definition) is 0. The second-order valence-corrected chi connectivity index (χ2v) is 5.79. The Balaban J connectivity index is 2.40. The van der Waals surface area contributed by atoms with Crippen LogP contribution < -0.4 is 0 Å². The van der Waals surface area contributed by atoms with Crippen LogP contribution in [0.4, 0.5) is 4.39 Å². The predicted molar refractivity (Wildman–Crippen MR) is 69.3 cm³/mol. The van der Waals surface area contributed by atoms with Crippen LogP contribution >= 0.6 is 11.8 Å². The maximum atomic E-state index is 13.6. The van der Waals surface area contributed by atoms with Crippen LogP contribution in [0.5, 0.6) is 0 Å². The summed E-state index contributed by atoms with van der Waals surface area (Å²) in [5.41, 5.74) is 2.15. The highest BCUT2D eigenvalue weighted by Gasteiger charge is 2.09. The van der Waals surface area contributed by atoms with Crippen LogP contribution in [0.15, 0.2) is 24.3 Å². The molecule has 2 aromatic rings. The molecule has 1 nitrogen and oxygen atoms in total. The third-order valence-corrected chi connectivity index (χ3v) is 3.83. The molecular formula is C13H16FNS. The Kier molecular flexibility index (Phi) is 3.24. The first-order chi connectivity index (χ1) is 7.59. The van der Waals surface area contributed by atoms with Gasteiger partial charge in [0.25, 0.3) is 0 Å². The zero-order chi connectivity index (χ0) is 11.7. The van der Waals surface area contributed by atoms with Gasteiger partial charge in [0.15, 0.2) is 0 Å². The molecule has 0 atom stereocenters. The molecule has 0 saturated heterocycles. The van der Waals surface area contributed by atoms with Crippen molar-refractivity contribution in [1.82, 2.24) is 4.57 Å². The molecule has 0 unspecified atom stereocenters. The lowest BCUT2D eigenvalue weighted by Crippen LogP contribution is -1.96. The van der Waals surface area contributed by atoms with Crippen molar-refractivity contribution >= 4 is 22.7 Å². The van der Waals surface area contributed by atoms with Crippen molar-refractivity contribution in [2.24, 2.45) is 7.05 Å². The lowest BCUT2D eigenvalue weighted by atomic mass is 10.2. The molecule has 2 rings (SSSR count). The molecule has 0 amide bonds. The molecular weight excluding hydrogens is 221 g/mol. The number of rotatable bonds is 3. The Hall–Kier alpha value is -0.960. The third-order valence-electron chi connectivity index (χ3n) is 2.70. The number of nitrogens with zero attached hydrogens (tertiary/aromatic N) is 1. The molecule has 0 fully saturated rings. The molecule has 0 aliphatic rings. The van der Waals surface area contributed by atoms with Crippen molar-refractivity contribution in [2.75, 3.05) is 0 Å². The van der Waals surface area contributed by atoms with E-state index in [0.29, 0.717) is 5.25 Å². The zero-order valence-electron chi connectivity index (χ0n) is 9.83. The molecule has 3 heteroatoms. The van der Waals surface area contributed by atoms with E-state index in [9.17, 15) is 4.39 Å². The predicted octanol–water partition coefficient (Wildman–Crippen LogP) is 3.96. The summed E-state index contributed by atoms with van der Waals surface area (Å²) in [6, 6.07) is 7.20. The summed E-state index contributed by atoms with van der Waals surface area (Å²) < 4.78 is 15.6. The number of aromatic nitrogens is 1. The Bertz CT molecular complexity index is 502. The summed E-state index contributed by atoms with van der Waals surface area (Å²) >= 11 is 1.88. The highest BCUT2D eigenvalue weighted by atomic mass is 32.2. The van der Waals surface area contributed by atoms with E-state index in [1.165, 1.54) is 11.8 Å². The average molecular weight is 237 g/mol. The number of halogens is 1. The fourth-order valence-electron chi connectivity index (χ4n) is 1.77. The summed E-state index contributed by atoms with van der Waals surface area (Å²) in [6.07, 6.45) is 0. The van der Waals surface area contributed by atoms with Crippen molar-refractivity contribution in [3.05, 3.63) is 35.8 Å². The molecule has 0 N–H and O–H groups in total. The van der Waals surface area contributed by atoms with E-state index in [1.54, 1.807) is 6.07 Å². The SMILES string of the molecule is CC(C)SCc1cc2c(F)cccc2n1C. The van der Waals surface area contributed by atoms with Crippen molar-refractivity contribution in [2.45, 2.75) is 24.9 Å². The zero-order valence-corrected chi connectivity index (χ0v) is 10.6. The first-order valence-corrected chi connectivity index (χ1v) is 6.49. The van der Waals surface area contributed by atoms with E-state index in [2.05, 4.69) is 18.4 Å². The van der Waals surface area contributed by atoms with Gasteiger partial charge in [-0.2, -0.15) is 11.8 Å². The van der Waals surface area contributed by atoms with Gasteiger partial charge in [-0.25, -0.2) is 4.39 Å². The van der Waals surface area contributed by atoms with Crippen LogP contribution in [0.3, 0.4) is 0 Å². The largest absolute Gasteiger partial charge is 0.347 e. The third kappa shape index (κ3) is 2.09. The van der Waals surface area contributed by atoms with Crippen LogP contribution in [0.1, 0.15) is 19.5 Å². The smallest absolute Gasteiger partial charge is 0.132 e. The molecule has 86 valence electrons. The monoisotopic (exact) mass is 237 g/mol. The van der Waals surface area contributed by atoms with Crippen molar-refractivity contribution in [1.29, 1.82) is 0 Å². The number of hydrogen-bond acceptors (Lipinski definition) is 1. The molecule has 0 bridgehead atoms. The lowest BCUT2D eigenvalue weighted by Gasteiger charge is -2.06. The van der Waals surface area contributed by atoms with Gasteiger partial charge in [-0.15, -0.1) is 0 Å². The van der Waals surface area contributed by atoms with E-state index in [0.717, 1.165) is 16.7 Å². The van der Waals surface area contributed by atoms with E-state index in [1.807, 2.05) is 30.9 Å². The Morgan fingerprint density at radius 3 is 2.75 bits per heavy atom. The number of benzene rings is 1. The number of aryl methyl sites for hydroxylation is 1. The summed E-state index contributed by atoms with van der Waals surface area (Å²) in [5.74, 6) is 0.802. The van der Waals surface area contributed by atoms with Crippen molar-refractivity contribution in [3.63, 3.8) is 0 Å². The second kappa shape index (κ2) is 4.50. The molecule has 0 spiro atoms. The maximum Gasteiger partial charge on any atom is 0.132 e. The van der Waals surface area contributed by atoms with E-state index < -0.39 is 0 Å². The minimum absolute atomic E-state index is 0.131. The molecule has 0 aliphatic heterocycles. The van der Waals surface area contributed by atoms with Gasteiger partial charge in [-0.1, -0.05) is 19.9 Å². The standard InChI is InChI=1S/C13H16FNS/c1-9(2)16-8-10-7-11-12(14)5-4-6-13(11)15(10)3/h4-7,9H,8H2,1-3H3. The van der Waals surface area contributed by atoms with Gasteiger partial charge in [0.05, 0.1) is 5.52 Å². The first kappa shape index (κ1) is 11.5. The molecule has 1 aromatic heterocycles. The topological polar surface area (TPSA) is 4.93 Å². The highest BCUT2D eigenvalue weighted by Crippen LogP contribution is 2.25. The number of fused-ring (bicyclic) bond motifs is 1. The van der Waals surface area contributed by atoms with Gasteiger partial charge in [0, 0.05) is 23.9 Å². The molecule has 1 aromatic carbocycles. The summed E-state index contributed by atoms with van der Waals surface area (Å²) in [7, 11) is 2.00. The average Bonchev–Trinajstić information content (AvgIpc) is 2.55. The van der Waals surface area contributed by atoms with Crippen molar-refractivity contribution in [3.8, 4) is 0 Å². The Morgan fingerprint density at radius 2 is 2.12 bits per heavy atom. The summed E-state index contributed by atoms with van der Waals surface area (Å²) in [5, 5.41) is 1.33. The van der Waals surface area contributed by atoms with E-state index >= 15 is 0 Å². The minimum atomic E-state index is -0.131. The van der Waals surface area contributed by atoms with Crippen LogP contribution in [0.2, 0.25) is 0 Å². The molecule has 0 saturated carbocycles. The fourth-order valence-corrected chi connectivity index (χ4v) is 2.55. The van der Waals surface area contributed by atoms with Crippen LogP contribution in [-0.4, -0.2) is 9.82 Å². The quantitative estimate of drug-likeness (QED) is 0.782. The normalized spacial score (nSPS) is 11.6.